The minimum atomic E-state index is -0.628. The average Bonchev–Trinajstić information content (AvgIpc) is 3.16. The highest BCUT2D eigenvalue weighted by Crippen LogP contribution is 2.30. The van der Waals surface area contributed by atoms with E-state index in [9.17, 15) is 19.2 Å². The van der Waals surface area contributed by atoms with Gasteiger partial charge in [0.25, 0.3) is 0 Å². The summed E-state index contributed by atoms with van der Waals surface area (Å²) in [5.41, 5.74) is 4.04. The van der Waals surface area contributed by atoms with Crippen molar-refractivity contribution in [1.82, 2.24) is 0 Å². The van der Waals surface area contributed by atoms with Crippen LogP contribution in [-0.4, -0.2) is 37.5 Å². The lowest BCUT2D eigenvalue weighted by Gasteiger charge is -2.11. The van der Waals surface area contributed by atoms with Gasteiger partial charge in [-0.1, -0.05) is 73.8 Å². The van der Waals surface area contributed by atoms with Crippen molar-refractivity contribution in [3.63, 3.8) is 0 Å². The van der Waals surface area contributed by atoms with Crippen molar-refractivity contribution in [2.75, 3.05) is 13.6 Å². The van der Waals surface area contributed by atoms with E-state index in [-0.39, 0.29) is 25.1 Å². The zero-order valence-corrected chi connectivity index (χ0v) is 26.6. The summed E-state index contributed by atoms with van der Waals surface area (Å²) in [5, 5.41) is 0. The van der Waals surface area contributed by atoms with E-state index < -0.39 is 23.9 Å². The fraction of sp³-hybridized carbons (Fsp3) is 0.0500. The van der Waals surface area contributed by atoms with E-state index in [0.29, 0.717) is 22.6 Å². The summed E-state index contributed by atoms with van der Waals surface area (Å²) in [7, 11) is 0. The average molecular weight is 671 g/mol. The molecule has 0 radical (unpaired) electrons. The second kappa shape index (κ2) is 16.8. The molecule has 0 fully saturated rings. The Kier molecular flexibility index (Phi) is 11.5. The second-order valence-corrected chi connectivity index (χ2v) is 10.3. The molecule has 0 aliphatic carbocycles. The molecular weight excluding hydrogens is 640 g/mol. The summed E-state index contributed by atoms with van der Waals surface area (Å²) in [5.74, 6) is -1.20. The number of carbonyl (C=O) groups is 4. The summed E-state index contributed by atoms with van der Waals surface area (Å²) in [6.45, 7) is 6.19. The third kappa shape index (κ3) is 9.33. The van der Waals surface area contributed by atoms with Gasteiger partial charge in [-0.2, -0.15) is 0 Å². The molecule has 5 aromatic rings. The molecule has 0 aromatic heterocycles. The second-order valence-electron chi connectivity index (χ2n) is 10.3. The minimum Gasteiger partial charge on any atom is -0.457 e. The van der Waals surface area contributed by atoms with Gasteiger partial charge in [0.2, 0.25) is 13.6 Å². The molecule has 10 heteroatoms. The van der Waals surface area contributed by atoms with E-state index in [1.807, 2.05) is 24.3 Å². The molecule has 0 saturated heterocycles. The minimum absolute atomic E-state index is 0.0856. The van der Waals surface area contributed by atoms with E-state index in [0.717, 1.165) is 34.4 Å². The van der Waals surface area contributed by atoms with Crippen molar-refractivity contribution in [2.45, 2.75) is 0 Å². The van der Waals surface area contributed by atoms with Gasteiger partial charge >= 0.3 is 23.9 Å². The molecular formula is C40H30O10. The predicted octanol–water partition coefficient (Wildman–Crippen LogP) is 7.59. The summed E-state index contributed by atoms with van der Waals surface area (Å²) in [6.07, 6.45) is 2.11. The summed E-state index contributed by atoms with van der Waals surface area (Å²) >= 11 is 0. The topological polar surface area (TPSA) is 124 Å². The van der Waals surface area contributed by atoms with Crippen LogP contribution in [0.5, 0.6) is 23.0 Å². The maximum Gasteiger partial charge on any atom is 0.343 e. The fourth-order valence-corrected chi connectivity index (χ4v) is 4.45. The van der Waals surface area contributed by atoms with E-state index in [4.69, 9.17) is 28.4 Å². The van der Waals surface area contributed by atoms with Crippen LogP contribution in [0.25, 0.3) is 22.3 Å². The zero-order valence-electron chi connectivity index (χ0n) is 26.6. The van der Waals surface area contributed by atoms with Crippen LogP contribution >= 0.6 is 0 Å². The van der Waals surface area contributed by atoms with Gasteiger partial charge in [-0.15, -0.1) is 0 Å². The zero-order chi connectivity index (χ0) is 35.3. The predicted molar refractivity (Wildman–Crippen MR) is 184 cm³/mol. The first-order valence-corrected chi connectivity index (χ1v) is 15.1. The SMILES string of the molecule is C=CC(=O)OCOc1ccc(-c2ccc(C(=O)Oc3ccccc3OC(=O)c3ccc(-c4ccc(OCOC(=O)C=C)cc4)cc3)cc2)cc1. The molecule has 0 unspecified atom stereocenters. The highest BCUT2D eigenvalue weighted by molar-refractivity contribution is 5.94. The Morgan fingerprint density at radius 1 is 0.460 bits per heavy atom. The lowest BCUT2D eigenvalue weighted by molar-refractivity contribution is -0.145. The standard InChI is InChI=1S/C40H30O10/c1-3-37(41)47-25-45-33-21-17-29(18-22-33)27-9-13-31(14-10-27)39(43)49-35-7-5-6-8-36(35)50-40(44)32-15-11-28(12-16-32)30-19-23-34(24-20-30)46-26-48-38(42)4-2/h3-24H,1-2,25-26H2. The molecule has 5 aromatic carbocycles. The van der Waals surface area contributed by atoms with Gasteiger partial charge in [-0.05, 0) is 82.9 Å². The van der Waals surface area contributed by atoms with Gasteiger partial charge in [-0.3, -0.25) is 0 Å². The van der Waals surface area contributed by atoms with Gasteiger partial charge < -0.3 is 28.4 Å². The van der Waals surface area contributed by atoms with E-state index in [1.54, 1.807) is 84.9 Å². The van der Waals surface area contributed by atoms with E-state index >= 15 is 0 Å². The molecule has 50 heavy (non-hydrogen) atoms. The van der Waals surface area contributed by atoms with Gasteiger partial charge in [0.05, 0.1) is 11.1 Å². The molecule has 5 rings (SSSR count). The lowest BCUT2D eigenvalue weighted by atomic mass is 10.0. The monoisotopic (exact) mass is 670 g/mol. The molecule has 0 saturated carbocycles. The Balaban J connectivity index is 1.16. The van der Waals surface area contributed by atoms with Gasteiger partial charge in [-0.25, -0.2) is 19.2 Å². The van der Waals surface area contributed by atoms with E-state index in [1.165, 1.54) is 12.1 Å². The number of carbonyl (C=O) groups excluding carboxylic acids is 4. The van der Waals surface area contributed by atoms with Gasteiger partial charge in [0.15, 0.2) is 11.5 Å². The number of ether oxygens (including phenoxy) is 6. The summed E-state index contributed by atoms with van der Waals surface area (Å²) < 4.78 is 31.6. The third-order valence-corrected chi connectivity index (χ3v) is 7.06. The molecule has 0 N–H and O–H groups in total. The van der Waals surface area contributed by atoms with Crippen molar-refractivity contribution < 1.29 is 47.6 Å². The molecule has 0 spiro atoms. The Labute approximate surface area is 287 Å². The molecule has 0 bridgehead atoms. The number of hydrogen-bond donors (Lipinski definition) is 0. The molecule has 0 aliphatic heterocycles. The van der Waals surface area contributed by atoms with Crippen molar-refractivity contribution in [1.29, 1.82) is 0 Å². The number of rotatable bonds is 14. The highest BCUT2D eigenvalue weighted by Gasteiger charge is 2.16. The molecule has 0 amide bonds. The first-order chi connectivity index (χ1) is 24.3. The van der Waals surface area contributed by atoms with Crippen molar-refractivity contribution in [3.8, 4) is 45.3 Å². The van der Waals surface area contributed by atoms with E-state index in [2.05, 4.69) is 13.2 Å². The van der Waals surface area contributed by atoms with Crippen molar-refractivity contribution in [3.05, 3.63) is 158 Å². The fourth-order valence-electron chi connectivity index (χ4n) is 4.45. The molecule has 10 nitrogen and oxygen atoms in total. The number of hydrogen-bond acceptors (Lipinski definition) is 10. The Hall–Kier alpha value is -6.94. The van der Waals surface area contributed by atoms with Crippen LogP contribution in [0.3, 0.4) is 0 Å². The number of esters is 4. The van der Waals surface area contributed by atoms with Crippen LogP contribution in [-0.2, 0) is 19.1 Å². The molecule has 0 heterocycles. The number of benzene rings is 5. The van der Waals surface area contributed by atoms with Crippen LogP contribution in [0, 0.1) is 0 Å². The van der Waals surface area contributed by atoms with Crippen LogP contribution in [0.15, 0.2) is 147 Å². The Morgan fingerprint density at radius 2 is 0.780 bits per heavy atom. The quantitative estimate of drug-likeness (QED) is 0.0505. The van der Waals surface area contributed by atoms with Crippen LogP contribution in [0.1, 0.15) is 20.7 Å². The van der Waals surface area contributed by atoms with Crippen LogP contribution in [0.2, 0.25) is 0 Å². The molecule has 0 aliphatic rings. The smallest absolute Gasteiger partial charge is 0.343 e. The van der Waals surface area contributed by atoms with Crippen LogP contribution < -0.4 is 18.9 Å². The first kappa shape index (κ1) is 34.4. The first-order valence-electron chi connectivity index (χ1n) is 15.1. The summed E-state index contributed by atoms with van der Waals surface area (Å²) in [4.78, 5) is 48.3. The molecule has 250 valence electrons. The number of para-hydroxylation sites is 2. The largest absolute Gasteiger partial charge is 0.457 e. The lowest BCUT2D eigenvalue weighted by Crippen LogP contribution is -2.12. The molecule has 0 atom stereocenters. The maximum absolute atomic E-state index is 13.0. The maximum atomic E-state index is 13.0. The third-order valence-electron chi connectivity index (χ3n) is 7.06. The Morgan fingerprint density at radius 3 is 1.10 bits per heavy atom. The Bertz CT molecular complexity index is 1830. The van der Waals surface area contributed by atoms with Crippen molar-refractivity contribution >= 4 is 23.9 Å². The van der Waals surface area contributed by atoms with Gasteiger partial charge in [0.1, 0.15) is 11.5 Å². The normalized spacial score (nSPS) is 10.2. The highest BCUT2D eigenvalue weighted by atomic mass is 16.7. The summed E-state index contributed by atoms with van der Waals surface area (Å²) in [6, 6.07) is 34.3. The van der Waals surface area contributed by atoms with Crippen molar-refractivity contribution in [2.24, 2.45) is 0 Å². The van der Waals surface area contributed by atoms with Crippen LogP contribution in [0.4, 0.5) is 0 Å². The van der Waals surface area contributed by atoms with Gasteiger partial charge in [0, 0.05) is 12.2 Å².